The molecule has 0 unspecified atom stereocenters. The van der Waals surface area contributed by atoms with Crippen LogP contribution in [0.5, 0.6) is 0 Å². The molecule has 6 nitrogen and oxygen atoms in total. The molecular weight excluding hydrogens is 366 g/mol. The molecule has 8 heteroatoms. The van der Waals surface area contributed by atoms with Gasteiger partial charge in [0.15, 0.2) is 10.1 Å². The third-order valence-electron chi connectivity index (χ3n) is 5.01. The molecule has 1 saturated carbocycles. The Bertz CT molecular complexity index is 939. The van der Waals surface area contributed by atoms with Crippen LogP contribution < -0.4 is 5.56 Å². The smallest absolute Gasteiger partial charge is 0.258 e. The van der Waals surface area contributed by atoms with Crippen LogP contribution in [0.1, 0.15) is 50.5 Å². The molecule has 0 amide bonds. The van der Waals surface area contributed by atoms with E-state index in [9.17, 15) is 4.79 Å². The van der Waals surface area contributed by atoms with Crippen molar-refractivity contribution in [3.05, 3.63) is 39.5 Å². The summed E-state index contributed by atoms with van der Waals surface area (Å²) in [5.74, 6) is 2.48. The molecule has 0 aliphatic heterocycles. The molecule has 1 aliphatic rings. The van der Waals surface area contributed by atoms with Crippen molar-refractivity contribution in [3.8, 4) is 0 Å². The maximum Gasteiger partial charge on any atom is 0.258 e. The van der Waals surface area contributed by atoms with Crippen molar-refractivity contribution in [2.45, 2.75) is 62.9 Å². The van der Waals surface area contributed by atoms with E-state index in [1.54, 1.807) is 28.4 Å². The number of hydrogen-bond acceptors (Lipinski definition) is 6. The van der Waals surface area contributed by atoms with Gasteiger partial charge in [-0.2, -0.15) is 0 Å². The Morgan fingerprint density at radius 2 is 2.12 bits per heavy atom. The summed E-state index contributed by atoms with van der Waals surface area (Å²) in [4.78, 5) is 17.4. The number of fused-ring (bicyclic) bond motifs is 1. The number of hydrogen-bond donors (Lipinski definition) is 0. The highest BCUT2D eigenvalue weighted by Crippen LogP contribution is 2.28. The van der Waals surface area contributed by atoms with Crippen molar-refractivity contribution in [2.75, 3.05) is 0 Å². The number of aromatic nitrogens is 5. The summed E-state index contributed by atoms with van der Waals surface area (Å²) in [5.41, 5.74) is 0.767. The van der Waals surface area contributed by atoms with Gasteiger partial charge in [-0.3, -0.25) is 9.20 Å². The normalized spacial score (nSPS) is 15.7. The van der Waals surface area contributed by atoms with Crippen molar-refractivity contribution in [2.24, 2.45) is 5.92 Å². The fraction of sp³-hybridized carbons (Fsp3) is 0.556. The minimum absolute atomic E-state index is 0.0261. The molecule has 26 heavy (non-hydrogen) atoms. The van der Waals surface area contributed by atoms with Gasteiger partial charge < -0.3 is 4.57 Å². The Kier molecular flexibility index (Phi) is 5.40. The Morgan fingerprint density at radius 1 is 1.27 bits per heavy atom. The van der Waals surface area contributed by atoms with E-state index >= 15 is 0 Å². The van der Waals surface area contributed by atoms with Crippen LogP contribution in [0.4, 0.5) is 0 Å². The molecule has 4 rings (SSSR count). The zero-order valence-corrected chi connectivity index (χ0v) is 16.6. The third-order valence-corrected chi connectivity index (χ3v) is 6.77. The Labute approximate surface area is 160 Å². The van der Waals surface area contributed by atoms with Crippen LogP contribution in [0, 0.1) is 5.92 Å². The van der Waals surface area contributed by atoms with E-state index in [2.05, 4.69) is 26.7 Å². The van der Waals surface area contributed by atoms with Gasteiger partial charge in [-0.05, 0) is 12.8 Å². The van der Waals surface area contributed by atoms with Gasteiger partial charge in [0, 0.05) is 36.4 Å². The standard InChI is InChI=1S/C18H23N5OS2/c1-2-22-15(10-13-6-4-3-5-7-13)20-21-18(22)26-12-14-11-16(24)23-8-9-25-17(23)19-14/h8-9,11,13H,2-7,10,12H2,1H3. The van der Waals surface area contributed by atoms with Gasteiger partial charge >= 0.3 is 0 Å². The molecule has 0 aromatic carbocycles. The van der Waals surface area contributed by atoms with Gasteiger partial charge in [-0.25, -0.2) is 4.98 Å². The van der Waals surface area contributed by atoms with Crippen LogP contribution in [0.3, 0.4) is 0 Å². The van der Waals surface area contributed by atoms with E-state index in [1.807, 2.05) is 5.38 Å². The predicted molar refractivity (Wildman–Crippen MR) is 105 cm³/mol. The first kappa shape index (κ1) is 17.7. The van der Waals surface area contributed by atoms with Gasteiger partial charge in [0.25, 0.3) is 5.56 Å². The highest BCUT2D eigenvalue weighted by molar-refractivity contribution is 7.98. The highest BCUT2D eigenvalue weighted by Gasteiger charge is 2.19. The molecule has 0 saturated heterocycles. The minimum Gasteiger partial charge on any atom is -0.306 e. The SMILES string of the molecule is CCn1c(CC2CCCCC2)nnc1SCc1cc(=O)n2ccsc2n1. The molecule has 0 radical (unpaired) electrons. The lowest BCUT2D eigenvalue weighted by Crippen LogP contribution is -2.14. The van der Waals surface area contributed by atoms with Crippen molar-refractivity contribution in [1.82, 2.24) is 24.1 Å². The highest BCUT2D eigenvalue weighted by atomic mass is 32.2. The fourth-order valence-electron chi connectivity index (χ4n) is 3.64. The second kappa shape index (κ2) is 7.92. The first-order valence-electron chi connectivity index (χ1n) is 9.25. The molecule has 3 aromatic heterocycles. The van der Waals surface area contributed by atoms with E-state index in [0.29, 0.717) is 5.75 Å². The summed E-state index contributed by atoms with van der Waals surface area (Å²) in [6, 6.07) is 1.61. The summed E-state index contributed by atoms with van der Waals surface area (Å²) < 4.78 is 3.80. The second-order valence-electron chi connectivity index (χ2n) is 6.78. The Morgan fingerprint density at radius 3 is 2.92 bits per heavy atom. The van der Waals surface area contributed by atoms with Gasteiger partial charge in [-0.1, -0.05) is 43.9 Å². The molecule has 3 heterocycles. The van der Waals surface area contributed by atoms with Crippen LogP contribution >= 0.6 is 23.1 Å². The number of thioether (sulfide) groups is 1. The third kappa shape index (κ3) is 3.71. The first-order chi connectivity index (χ1) is 12.7. The van der Waals surface area contributed by atoms with Crippen molar-refractivity contribution >= 4 is 28.1 Å². The zero-order chi connectivity index (χ0) is 17.9. The van der Waals surface area contributed by atoms with Crippen molar-refractivity contribution in [3.63, 3.8) is 0 Å². The lowest BCUT2D eigenvalue weighted by molar-refractivity contribution is 0.347. The molecule has 1 fully saturated rings. The van der Waals surface area contributed by atoms with Crippen LogP contribution in [-0.2, 0) is 18.7 Å². The molecule has 0 N–H and O–H groups in total. The zero-order valence-electron chi connectivity index (χ0n) is 14.9. The average Bonchev–Trinajstić information content (AvgIpc) is 3.27. The van der Waals surface area contributed by atoms with Crippen LogP contribution in [0.2, 0.25) is 0 Å². The molecule has 0 spiro atoms. The van der Waals surface area contributed by atoms with E-state index in [-0.39, 0.29) is 5.56 Å². The number of nitrogens with zero attached hydrogens (tertiary/aromatic N) is 5. The fourth-order valence-corrected chi connectivity index (χ4v) is 5.30. The van der Waals surface area contributed by atoms with E-state index < -0.39 is 0 Å². The molecule has 0 bridgehead atoms. The van der Waals surface area contributed by atoms with E-state index in [1.165, 1.54) is 43.4 Å². The lowest BCUT2D eigenvalue weighted by Gasteiger charge is -2.21. The summed E-state index contributed by atoms with van der Waals surface area (Å²) in [7, 11) is 0. The van der Waals surface area contributed by atoms with Crippen molar-refractivity contribution < 1.29 is 0 Å². The summed E-state index contributed by atoms with van der Waals surface area (Å²) >= 11 is 3.09. The number of thiazole rings is 1. The largest absolute Gasteiger partial charge is 0.306 e. The van der Waals surface area contributed by atoms with E-state index in [4.69, 9.17) is 0 Å². The summed E-state index contributed by atoms with van der Waals surface area (Å²) in [5, 5.41) is 11.7. The quantitative estimate of drug-likeness (QED) is 0.600. The first-order valence-corrected chi connectivity index (χ1v) is 11.1. The second-order valence-corrected chi connectivity index (χ2v) is 8.60. The summed E-state index contributed by atoms with van der Waals surface area (Å²) in [6.07, 6.45) is 9.48. The molecule has 0 atom stereocenters. The average molecular weight is 390 g/mol. The molecule has 3 aromatic rings. The van der Waals surface area contributed by atoms with Crippen LogP contribution in [0.15, 0.2) is 27.6 Å². The molecule has 138 valence electrons. The monoisotopic (exact) mass is 389 g/mol. The maximum absolute atomic E-state index is 12.1. The molecular formula is C18H23N5OS2. The molecule has 1 aliphatic carbocycles. The van der Waals surface area contributed by atoms with Crippen LogP contribution in [-0.4, -0.2) is 24.1 Å². The Hall–Kier alpha value is -1.67. The Balaban J connectivity index is 1.47. The number of rotatable bonds is 6. The van der Waals surface area contributed by atoms with Crippen molar-refractivity contribution in [1.29, 1.82) is 0 Å². The van der Waals surface area contributed by atoms with Gasteiger partial charge in [0.1, 0.15) is 5.82 Å². The minimum atomic E-state index is -0.0261. The van der Waals surface area contributed by atoms with E-state index in [0.717, 1.165) is 40.5 Å². The van der Waals surface area contributed by atoms with Gasteiger partial charge in [-0.15, -0.1) is 21.5 Å². The predicted octanol–water partition coefficient (Wildman–Crippen LogP) is 3.78. The summed E-state index contributed by atoms with van der Waals surface area (Å²) in [6.45, 7) is 3.01. The van der Waals surface area contributed by atoms with Gasteiger partial charge in [0.05, 0.1) is 5.69 Å². The topological polar surface area (TPSA) is 65.1 Å². The maximum atomic E-state index is 12.1. The van der Waals surface area contributed by atoms with Crippen LogP contribution in [0.25, 0.3) is 4.96 Å². The van der Waals surface area contributed by atoms with Gasteiger partial charge in [0.2, 0.25) is 0 Å². The lowest BCUT2D eigenvalue weighted by atomic mass is 9.87.